The van der Waals surface area contributed by atoms with Gasteiger partial charge in [0.05, 0.1) is 5.75 Å². The number of rotatable bonds is 8. The van der Waals surface area contributed by atoms with Crippen molar-refractivity contribution in [1.29, 1.82) is 0 Å². The molecular weight excluding hydrogens is 406 g/mol. The van der Waals surface area contributed by atoms with Gasteiger partial charge in [0, 0.05) is 30.5 Å². The third kappa shape index (κ3) is 4.88. The summed E-state index contributed by atoms with van der Waals surface area (Å²) < 4.78 is 3.91. The standard InChI is InChI=1S/C24H25N5OS/c1-19(2)28(21-13-7-4-8-14-21)23(30)18-31-24-26-25-22(17-20-11-5-3-6-12-20)29(24)27-15-9-10-16-27/h3-16,19H,17-18H2,1-2H3. The van der Waals surface area contributed by atoms with Gasteiger partial charge in [-0.1, -0.05) is 60.3 Å². The Morgan fingerprint density at radius 2 is 1.58 bits per heavy atom. The summed E-state index contributed by atoms with van der Waals surface area (Å²) in [6.07, 6.45) is 4.56. The quantitative estimate of drug-likeness (QED) is 0.385. The summed E-state index contributed by atoms with van der Waals surface area (Å²) in [7, 11) is 0. The van der Waals surface area contributed by atoms with Crippen molar-refractivity contribution < 1.29 is 4.79 Å². The number of benzene rings is 2. The monoisotopic (exact) mass is 431 g/mol. The number of anilines is 1. The zero-order valence-corrected chi connectivity index (χ0v) is 18.4. The van der Waals surface area contributed by atoms with Gasteiger partial charge in [-0.15, -0.1) is 10.2 Å². The van der Waals surface area contributed by atoms with Gasteiger partial charge in [-0.05, 0) is 43.7 Å². The molecule has 0 N–H and O–H groups in total. The molecule has 2 heterocycles. The molecular formula is C24H25N5OS. The fourth-order valence-corrected chi connectivity index (χ4v) is 4.29. The lowest BCUT2D eigenvalue weighted by molar-refractivity contribution is -0.116. The van der Waals surface area contributed by atoms with E-state index in [1.54, 1.807) is 0 Å². The molecule has 0 spiro atoms. The van der Waals surface area contributed by atoms with Crippen molar-refractivity contribution in [2.45, 2.75) is 31.5 Å². The van der Waals surface area contributed by atoms with Gasteiger partial charge in [-0.3, -0.25) is 9.47 Å². The molecule has 6 nitrogen and oxygen atoms in total. The highest BCUT2D eigenvalue weighted by Crippen LogP contribution is 2.23. The van der Waals surface area contributed by atoms with E-state index in [0.717, 1.165) is 17.1 Å². The topological polar surface area (TPSA) is 56.0 Å². The largest absolute Gasteiger partial charge is 0.309 e. The van der Waals surface area contributed by atoms with Crippen LogP contribution in [0.25, 0.3) is 0 Å². The summed E-state index contributed by atoms with van der Waals surface area (Å²) in [5, 5.41) is 9.52. The van der Waals surface area contributed by atoms with Crippen LogP contribution in [0, 0.1) is 0 Å². The molecule has 0 aliphatic heterocycles. The van der Waals surface area contributed by atoms with Crippen molar-refractivity contribution in [3.63, 3.8) is 0 Å². The van der Waals surface area contributed by atoms with E-state index in [1.165, 1.54) is 11.8 Å². The number of aromatic nitrogens is 4. The molecule has 0 aliphatic rings. The van der Waals surface area contributed by atoms with Crippen LogP contribution in [0.15, 0.2) is 90.3 Å². The fraction of sp³-hybridized carbons (Fsp3) is 0.208. The van der Waals surface area contributed by atoms with Crippen molar-refractivity contribution >= 4 is 23.4 Å². The Morgan fingerprint density at radius 3 is 2.23 bits per heavy atom. The molecule has 2 aromatic carbocycles. The summed E-state index contributed by atoms with van der Waals surface area (Å²) >= 11 is 1.40. The van der Waals surface area contributed by atoms with E-state index in [-0.39, 0.29) is 17.7 Å². The fourth-order valence-electron chi connectivity index (χ4n) is 3.48. The highest BCUT2D eigenvalue weighted by Gasteiger charge is 2.21. The van der Waals surface area contributed by atoms with E-state index in [1.807, 2.05) is 101 Å². The normalized spacial score (nSPS) is 11.1. The molecule has 1 amide bonds. The number of thioether (sulfide) groups is 1. The van der Waals surface area contributed by atoms with Gasteiger partial charge < -0.3 is 4.90 Å². The average molecular weight is 432 g/mol. The van der Waals surface area contributed by atoms with Gasteiger partial charge in [0.15, 0.2) is 5.82 Å². The Morgan fingerprint density at radius 1 is 0.935 bits per heavy atom. The number of para-hydroxylation sites is 1. The maximum atomic E-state index is 13.1. The van der Waals surface area contributed by atoms with Gasteiger partial charge >= 0.3 is 0 Å². The molecule has 0 fully saturated rings. The van der Waals surface area contributed by atoms with Crippen LogP contribution in [-0.4, -0.2) is 37.3 Å². The minimum absolute atomic E-state index is 0.0397. The van der Waals surface area contributed by atoms with Crippen LogP contribution in [0.2, 0.25) is 0 Å². The first-order valence-corrected chi connectivity index (χ1v) is 11.2. The lowest BCUT2D eigenvalue weighted by atomic mass is 10.1. The summed E-state index contributed by atoms with van der Waals surface area (Å²) in [4.78, 5) is 14.9. The van der Waals surface area contributed by atoms with E-state index in [2.05, 4.69) is 22.3 Å². The van der Waals surface area contributed by atoms with E-state index in [4.69, 9.17) is 0 Å². The number of amides is 1. The third-order valence-corrected chi connectivity index (χ3v) is 5.75. The highest BCUT2D eigenvalue weighted by atomic mass is 32.2. The van der Waals surface area contributed by atoms with E-state index in [0.29, 0.717) is 11.6 Å². The number of carbonyl (C=O) groups excluding carboxylic acids is 1. The Balaban J connectivity index is 1.56. The van der Waals surface area contributed by atoms with Crippen LogP contribution < -0.4 is 4.90 Å². The molecule has 31 heavy (non-hydrogen) atoms. The zero-order valence-electron chi connectivity index (χ0n) is 17.6. The first-order chi connectivity index (χ1) is 15.1. The maximum absolute atomic E-state index is 13.1. The molecule has 0 aliphatic carbocycles. The second-order valence-electron chi connectivity index (χ2n) is 7.42. The van der Waals surface area contributed by atoms with Crippen LogP contribution in [0.1, 0.15) is 25.2 Å². The summed E-state index contributed by atoms with van der Waals surface area (Å²) in [5.74, 6) is 1.14. The molecule has 0 unspecified atom stereocenters. The van der Waals surface area contributed by atoms with Gasteiger partial charge in [0.1, 0.15) is 0 Å². The zero-order chi connectivity index (χ0) is 21.6. The first kappa shape index (κ1) is 20.9. The van der Waals surface area contributed by atoms with Crippen molar-refractivity contribution in [3.05, 3.63) is 96.6 Å². The first-order valence-electron chi connectivity index (χ1n) is 10.2. The third-order valence-electron chi connectivity index (χ3n) is 4.85. The van der Waals surface area contributed by atoms with Crippen molar-refractivity contribution in [3.8, 4) is 0 Å². The molecule has 4 rings (SSSR count). The summed E-state index contributed by atoms with van der Waals surface area (Å²) in [6.45, 7) is 4.05. The smallest absolute Gasteiger partial charge is 0.237 e. The Bertz CT molecular complexity index is 1110. The van der Waals surface area contributed by atoms with Gasteiger partial charge in [-0.25, -0.2) is 4.68 Å². The van der Waals surface area contributed by atoms with E-state index in [9.17, 15) is 4.79 Å². The second-order valence-corrected chi connectivity index (χ2v) is 8.36. The molecule has 2 aromatic heterocycles. The van der Waals surface area contributed by atoms with Crippen molar-refractivity contribution in [2.24, 2.45) is 0 Å². The highest BCUT2D eigenvalue weighted by molar-refractivity contribution is 7.99. The van der Waals surface area contributed by atoms with Crippen molar-refractivity contribution in [1.82, 2.24) is 19.5 Å². The summed E-state index contributed by atoms with van der Waals surface area (Å²) in [5.41, 5.74) is 2.06. The SMILES string of the molecule is CC(C)N(C(=O)CSc1nnc(Cc2ccccc2)n1-n1cccc1)c1ccccc1. The molecule has 0 bridgehead atoms. The molecule has 0 saturated carbocycles. The predicted molar refractivity (Wildman–Crippen MR) is 124 cm³/mol. The Labute approximate surface area is 186 Å². The minimum Gasteiger partial charge on any atom is -0.309 e. The van der Waals surface area contributed by atoms with Gasteiger partial charge in [0.25, 0.3) is 0 Å². The van der Waals surface area contributed by atoms with Crippen LogP contribution in [0.4, 0.5) is 5.69 Å². The lowest BCUT2D eigenvalue weighted by Gasteiger charge is -2.26. The number of carbonyl (C=O) groups is 1. The molecule has 0 atom stereocenters. The number of nitrogens with zero attached hydrogens (tertiary/aromatic N) is 5. The van der Waals surface area contributed by atoms with Crippen LogP contribution in [-0.2, 0) is 11.2 Å². The molecule has 4 aromatic rings. The lowest BCUT2D eigenvalue weighted by Crippen LogP contribution is -2.38. The summed E-state index contributed by atoms with van der Waals surface area (Å²) in [6, 6.07) is 23.9. The molecule has 158 valence electrons. The number of hydrogen-bond donors (Lipinski definition) is 0. The Hall–Kier alpha value is -3.32. The van der Waals surface area contributed by atoms with Crippen molar-refractivity contribution in [2.75, 3.05) is 10.7 Å². The van der Waals surface area contributed by atoms with E-state index >= 15 is 0 Å². The maximum Gasteiger partial charge on any atom is 0.237 e. The average Bonchev–Trinajstić information content (AvgIpc) is 3.43. The molecule has 7 heteroatoms. The second kappa shape index (κ2) is 9.66. The predicted octanol–water partition coefficient (Wildman–Crippen LogP) is 4.52. The van der Waals surface area contributed by atoms with Gasteiger partial charge in [0.2, 0.25) is 11.1 Å². The van der Waals surface area contributed by atoms with Gasteiger partial charge in [-0.2, -0.15) is 0 Å². The Kier molecular flexibility index (Phi) is 6.52. The molecule has 0 saturated heterocycles. The van der Waals surface area contributed by atoms with Crippen LogP contribution in [0.5, 0.6) is 0 Å². The van der Waals surface area contributed by atoms with Crippen LogP contribution >= 0.6 is 11.8 Å². The number of hydrogen-bond acceptors (Lipinski definition) is 4. The van der Waals surface area contributed by atoms with E-state index < -0.39 is 0 Å². The van der Waals surface area contributed by atoms with Crippen LogP contribution in [0.3, 0.4) is 0 Å². The minimum atomic E-state index is 0.0397. The molecule has 0 radical (unpaired) electrons.